The van der Waals surface area contributed by atoms with Crippen LogP contribution in [0.25, 0.3) is 0 Å². The average molecular weight is 417 g/mol. The fourth-order valence-corrected chi connectivity index (χ4v) is 4.47. The van der Waals surface area contributed by atoms with Gasteiger partial charge in [-0.1, -0.05) is 18.6 Å². The lowest BCUT2D eigenvalue weighted by Crippen LogP contribution is -2.47. The first kappa shape index (κ1) is 22.4. The highest BCUT2D eigenvalue weighted by molar-refractivity contribution is 5.79. The molecule has 2 saturated heterocycles. The number of nitrogens with zero attached hydrogens (tertiary/aromatic N) is 3. The number of benzene rings is 1. The average Bonchev–Trinajstić information content (AvgIpc) is 2.79. The highest BCUT2D eigenvalue weighted by Crippen LogP contribution is 2.26. The van der Waals surface area contributed by atoms with E-state index in [4.69, 9.17) is 4.74 Å². The maximum atomic E-state index is 12.9. The van der Waals surface area contributed by atoms with Crippen LogP contribution in [0.4, 0.5) is 4.79 Å². The number of hydrogen-bond donors (Lipinski definition) is 1. The first-order chi connectivity index (χ1) is 14.5. The van der Waals surface area contributed by atoms with Crippen molar-refractivity contribution in [3.8, 4) is 5.75 Å². The maximum Gasteiger partial charge on any atom is 0.319 e. The number of carbonyl (C=O) groups excluding carboxylic acids is 2. The van der Waals surface area contributed by atoms with Crippen LogP contribution in [0.15, 0.2) is 24.3 Å². The second kappa shape index (κ2) is 10.7. The molecule has 1 N–H and O–H groups in total. The molecular formula is C23H36N4O3. The Morgan fingerprint density at radius 2 is 1.70 bits per heavy atom. The van der Waals surface area contributed by atoms with Gasteiger partial charge in [-0.2, -0.15) is 0 Å². The molecule has 0 radical (unpaired) electrons. The zero-order chi connectivity index (χ0) is 21.5. The molecule has 1 aromatic rings. The molecule has 7 heteroatoms. The number of methoxy groups -OCH3 is 1. The van der Waals surface area contributed by atoms with Crippen LogP contribution in [0.5, 0.6) is 5.75 Å². The molecule has 30 heavy (non-hydrogen) atoms. The molecule has 2 heterocycles. The fourth-order valence-electron chi connectivity index (χ4n) is 4.47. The molecule has 2 aliphatic heterocycles. The highest BCUT2D eigenvalue weighted by atomic mass is 16.5. The minimum Gasteiger partial charge on any atom is -0.497 e. The van der Waals surface area contributed by atoms with Crippen molar-refractivity contribution >= 4 is 11.9 Å². The van der Waals surface area contributed by atoms with Gasteiger partial charge in [0.1, 0.15) is 5.75 Å². The number of urea groups is 1. The lowest BCUT2D eigenvalue weighted by Gasteiger charge is -2.36. The number of ether oxygens (including phenoxy) is 1. The number of carbonyl (C=O) groups is 2. The Labute approximate surface area is 180 Å². The lowest BCUT2D eigenvalue weighted by molar-refractivity contribution is -0.126. The molecule has 0 bridgehead atoms. The molecule has 1 unspecified atom stereocenters. The van der Waals surface area contributed by atoms with E-state index in [1.54, 1.807) is 26.1 Å². The van der Waals surface area contributed by atoms with Crippen LogP contribution >= 0.6 is 0 Å². The van der Waals surface area contributed by atoms with E-state index in [9.17, 15) is 9.59 Å². The predicted molar refractivity (Wildman–Crippen MR) is 118 cm³/mol. The first-order valence-corrected chi connectivity index (χ1v) is 11.1. The van der Waals surface area contributed by atoms with Crippen molar-refractivity contribution in [3.05, 3.63) is 29.8 Å². The summed E-state index contributed by atoms with van der Waals surface area (Å²) in [5.41, 5.74) is 1.21. The molecule has 0 saturated carbocycles. The third kappa shape index (κ3) is 5.65. The summed E-state index contributed by atoms with van der Waals surface area (Å²) in [6, 6.07) is 8.40. The van der Waals surface area contributed by atoms with Gasteiger partial charge in [-0.05, 0) is 56.5 Å². The van der Waals surface area contributed by atoms with Crippen LogP contribution in [0.1, 0.15) is 43.7 Å². The number of amides is 3. The van der Waals surface area contributed by atoms with Gasteiger partial charge in [0.25, 0.3) is 0 Å². The molecule has 0 aliphatic carbocycles. The van der Waals surface area contributed by atoms with Crippen molar-refractivity contribution in [1.29, 1.82) is 0 Å². The molecule has 1 atom stereocenters. The Bertz CT molecular complexity index is 693. The number of nitrogens with one attached hydrogen (secondary N) is 1. The summed E-state index contributed by atoms with van der Waals surface area (Å²) in [7, 11) is 5.21. The van der Waals surface area contributed by atoms with Gasteiger partial charge < -0.3 is 19.9 Å². The smallest absolute Gasteiger partial charge is 0.319 e. The standard InChI is InChI=1S/C23H36N4O3/c1-25(2)23(29)27-15-11-19(12-16-27)22(28)24-17-21(26-13-5-4-6-14-26)18-7-9-20(30-3)10-8-18/h7-10,19,21H,4-6,11-17H2,1-3H3,(H,24,28). The van der Waals surface area contributed by atoms with Crippen LogP contribution in [0.3, 0.4) is 0 Å². The first-order valence-electron chi connectivity index (χ1n) is 11.1. The monoisotopic (exact) mass is 416 g/mol. The number of likely N-dealkylation sites (tertiary alicyclic amines) is 2. The van der Waals surface area contributed by atoms with Crippen molar-refractivity contribution in [1.82, 2.24) is 20.0 Å². The van der Waals surface area contributed by atoms with E-state index in [2.05, 4.69) is 22.3 Å². The van der Waals surface area contributed by atoms with Gasteiger partial charge in [-0.3, -0.25) is 9.69 Å². The van der Waals surface area contributed by atoms with E-state index in [1.165, 1.54) is 24.8 Å². The molecule has 0 aromatic heterocycles. The topological polar surface area (TPSA) is 65.1 Å². The van der Waals surface area contributed by atoms with Crippen molar-refractivity contribution < 1.29 is 14.3 Å². The maximum absolute atomic E-state index is 12.9. The van der Waals surface area contributed by atoms with E-state index in [1.807, 2.05) is 17.0 Å². The number of piperidine rings is 2. The van der Waals surface area contributed by atoms with Gasteiger partial charge in [0, 0.05) is 39.6 Å². The Morgan fingerprint density at radius 1 is 1.07 bits per heavy atom. The summed E-state index contributed by atoms with van der Waals surface area (Å²) in [6.45, 7) is 4.03. The van der Waals surface area contributed by atoms with Gasteiger partial charge >= 0.3 is 6.03 Å². The molecule has 1 aromatic carbocycles. The molecular weight excluding hydrogens is 380 g/mol. The SMILES string of the molecule is COc1ccc(C(CNC(=O)C2CCN(C(=O)N(C)C)CC2)N2CCCCC2)cc1. The minimum absolute atomic E-state index is 0.0194. The van der Waals surface area contributed by atoms with Gasteiger partial charge in [-0.15, -0.1) is 0 Å². The highest BCUT2D eigenvalue weighted by Gasteiger charge is 2.29. The second-order valence-corrected chi connectivity index (χ2v) is 8.57. The Kier molecular flexibility index (Phi) is 7.96. The van der Waals surface area contributed by atoms with Crippen LogP contribution in [-0.4, -0.2) is 80.6 Å². The van der Waals surface area contributed by atoms with Crippen LogP contribution in [0.2, 0.25) is 0 Å². The number of rotatable bonds is 6. The summed E-state index contributed by atoms with van der Waals surface area (Å²) in [5.74, 6) is 0.941. The van der Waals surface area contributed by atoms with Gasteiger partial charge in [0.15, 0.2) is 0 Å². The summed E-state index contributed by atoms with van der Waals surface area (Å²) in [5, 5.41) is 3.22. The largest absolute Gasteiger partial charge is 0.497 e. The van der Waals surface area contributed by atoms with Crippen LogP contribution < -0.4 is 10.1 Å². The van der Waals surface area contributed by atoms with Crippen molar-refractivity contribution in [2.75, 3.05) is 53.9 Å². The van der Waals surface area contributed by atoms with E-state index in [0.717, 1.165) is 31.7 Å². The van der Waals surface area contributed by atoms with Gasteiger partial charge in [-0.25, -0.2) is 4.79 Å². The Balaban J connectivity index is 1.58. The van der Waals surface area contributed by atoms with E-state index in [-0.39, 0.29) is 23.9 Å². The van der Waals surface area contributed by atoms with Crippen molar-refractivity contribution in [2.45, 2.75) is 38.1 Å². The molecule has 7 nitrogen and oxygen atoms in total. The third-order valence-corrected chi connectivity index (χ3v) is 6.32. The van der Waals surface area contributed by atoms with Crippen LogP contribution in [0, 0.1) is 5.92 Å². The van der Waals surface area contributed by atoms with E-state index < -0.39 is 0 Å². The fraction of sp³-hybridized carbons (Fsp3) is 0.652. The lowest BCUT2D eigenvalue weighted by atomic mass is 9.95. The van der Waals surface area contributed by atoms with Crippen molar-refractivity contribution in [2.24, 2.45) is 5.92 Å². The Morgan fingerprint density at radius 3 is 2.27 bits per heavy atom. The zero-order valence-corrected chi connectivity index (χ0v) is 18.6. The quantitative estimate of drug-likeness (QED) is 0.774. The van der Waals surface area contributed by atoms with Gasteiger partial charge in [0.2, 0.25) is 5.91 Å². The summed E-state index contributed by atoms with van der Waals surface area (Å²) < 4.78 is 5.30. The second-order valence-electron chi connectivity index (χ2n) is 8.57. The number of hydrogen-bond acceptors (Lipinski definition) is 4. The molecule has 2 fully saturated rings. The zero-order valence-electron chi connectivity index (χ0n) is 18.6. The molecule has 3 rings (SSSR count). The summed E-state index contributed by atoms with van der Waals surface area (Å²) in [4.78, 5) is 30.9. The predicted octanol–water partition coefficient (Wildman–Crippen LogP) is 2.73. The molecule has 3 amide bonds. The molecule has 2 aliphatic rings. The van der Waals surface area contributed by atoms with Crippen LogP contribution in [-0.2, 0) is 4.79 Å². The summed E-state index contributed by atoms with van der Waals surface area (Å²) in [6.07, 6.45) is 5.14. The van der Waals surface area contributed by atoms with Crippen molar-refractivity contribution in [3.63, 3.8) is 0 Å². The Hall–Kier alpha value is -2.28. The molecule has 0 spiro atoms. The minimum atomic E-state index is -0.0194. The third-order valence-electron chi connectivity index (χ3n) is 6.32. The van der Waals surface area contributed by atoms with E-state index >= 15 is 0 Å². The van der Waals surface area contributed by atoms with Gasteiger partial charge in [0.05, 0.1) is 13.2 Å². The summed E-state index contributed by atoms with van der Waals surface area (Å²) >= 11 is 0. The van der Waals surface area contributed by atoms with E-state index in [0.29, 0.717) is 19.6 Å². The normalized spacial score (nSPS) is 19.2. The molecule has 166 valence electrons.